The first-order valence-corrected chi connectivity index (χ1v) is 11.3. The summed E-state index contributed by atoms with van der Waals surface area (Å²) in [6.07, 6.45) is 4.32. The molecule has 0 aromatic heterocycles. The quantitative estimate of drug-likeness (QED) is 0.544. The first kappa shape index (κ1) is 23.0. The Hall–Kier alpha value is -4.19. The normalized spacial score (nSPS) is 14.2. The van der Waals surface area contributed by atoms with Gasteiger partial charge in [0.05, 0.1) is 11.3 Å². The van der Waals surface area contributed by atoms with Crippen LogP contribution in [-0.4, -0.2) is 35.7 Å². The van der Waals surface area contributed by atoms with Crippen LogP contribution in [0.3, 0.4) is 0 Å². The number of rotatable bonds is 6. The minimum Gasteiger partial charge on any atom is -0.369 e. The molecular weight excluding hydrogens is 426 g/mol. The molecule has 1 heterocycles. The molecule has 3 amide bonds. The van der Waals surface area contributed by atoms with E-state index >= 15 is 0 Å². The summed E-state index contributed by atoms with van der Waals surface area (Å²) in [6.45, 7) is 0.929. The summed E-state index contributed by atoms with van der Waals surface area (Å²) in [7, 11) is 0. The number of nitrogens with two attached hydrogens (primary N) is 1. The molecule has 0 bridgehead atoms. The van der Waals surface area contributed by atoms with Crippen LogP contribution in [0.4, 0.5) is 5.69 Å². The number of anilines is 1. The molecule has 0 spiro atoms. The number of hydrogen-bond donors (Lipinski definition) is 2. The molecule has 3 aromatic carbocycles. The molecule has 34 heavy (non-hydrogen) atoms. The van der Waals surface area contributed by atoms with Gasteiger partial charge in [-0.25, -0.2) is 0 Å². The predicted octanol–water partition coefficient (Wildman–Crippen LogP) is 4.34. The van der Waals surface area contributed by atoms with E-state index < -0.39 is 0 Å². The van der Waals surface area contributed by atoms with Crippen molar-refractivity contribution in [3.8, 4) is 11.1 Å². The second-order valence-corrected chi connectivity index (χ2v) is 8.33. The predicted molar refractivity (Wildman–Crippen MR) is 134 cm³/mol. The summed E-state index contributed by atoms with van der Waals surface area (Å²) in [5, 5.41) is 2.83. The molecule has 3 aromatic rings. The Morgan fingerprint density at radius 2 is 1.53 bits per heavy atom. The molecule has 1 aliphatic heterocycles. The lowest BCUT2D eigenvalue weighted by atomic mass is 9.95. The number of nitrogens with one attached hydrogen (secondary N) is 1. The van der Waals surface area contributed by atoms with Gasteiger partial charge in [0.1, 0.15) is 0 Å². The SMILES string of the molecule is NC(=O)C1CCN(C(=O)c2ccccc2NC(=O)/C=C/c2cccc(-c3ccccc3)c2)CC1. The van der Waals surface area contributed by atoms with Crippen LogP contribution in [0.5, 0.6) is 0 Å². The molecule has 172 valence electrons. The third-order valence-corrected chi connectivity index (χ3v) is 6.02. The third kappa shape index (κ3) is 5.59. The van der Waals surface area contributed by atoms with E-state index in [1.165, 1.54) is 6.08 Å². The summed E-state index contributed by atoms with van der Waals surface area (Å²) in [5.41, 5.74) is 9.35. The Morgan fingerprint density at radius 1 is 0.853 bits per heavy atom. The minimum absolute atomic E-state index is 0.168. The second kappa shape index (κ2) is 10.6. The van der Waals surface area contributed by atoms with Crippen molar-refractivity contribution < 1.29 is 14.4 Å². The molecule has 0 unspecified atom stereocenters. The maximum atomic E-state index is 13.1. The minimum atomic E-state index is -0.321. The van der Waals surface area contributed by atoms with E-state index in [1.54, 1.807) is 35.2 Å². The average molecular weight is 454 g/mol. The maximum Gasteiger partial charge on any atom is 0.255 e. The number of para-hydroxylation sites is 1. The van der Waals surface area contributed by atoms with Crippen LogP contribution in [0.1, 0.15) is 28.8 Å². The van der Waals surface area contributed by atoms with E-state index in [1.807, 2.05) is 54.6 Å². The van der Waals surface area contributed by atoms with E-state index in [2.05, 4.69) is 5.32 Å². The number of likely N-dealkylation sites (tertiary alicyclic amines) is 1. The fourth-order valence-electron chi connectivity index (χ4n) is 4.11. The molecule has 0 radical (unpaired) electrons. The molecule has 3 N–H and O–H groups in total. The topological polar surface area (TPSA) is 92.5 Å². The van der Waals surface area contributed by atoms with Crippen molar-refractivity contribution in [1.29, 1.82) is 0 Å². The summed E-state index contributed by atoms with van der Waals surface area (Å²) in [6, 6.07) is 24.9. The number of primary amides is 1. The lowest BCUT2D eigenvalue weighted by Crippen LogP contribution is -2.42. The smallest absolute Gasteiger partial charge is 0.255 e. The highest BCUT2D eigenvalue weighted by atomic mass is 16.2. The number of carbonyl (C=O) groups excluding carboxylic acids is 3. The van der Waals surface area contributed by atoms with Crippen molar-refractivity contribution in [3.63, 3.8) is 0 Å². The van der Waals surface area contributed by atoms with Crippen LogP contribution in [0.2, 0.25) is 0 Å². The number of hydrogen-bond acceptors (Lipinski definition) is 3. The molecule has 4 rings (SSSR count). The van der Waals surface area contributed by atoms with Crippen LogP contribution in [0, 0.1) is 5.92 Å². The Kier molecular flexibility index (Phi) is 7.18. The fraction of sp³-hybridized carbons (Fsp3) is 0.179. The van der Waals surface area contributed by atoms with Crippen molar-refractivity contribution in [1.82, 2.24) is 4.90 Å². The highest BCUT2D eigenvalue weighted by Gasteiger charge is 2.27. The summed E-state index contributed by atoms with van der Waals surface area (Å²) in [4.78, 5) is 38.8. The largest absolute Gasteiger partial charge is 0.369 e. The number of amides is 3. The first-order chi connectivity index (χ1) is 16.5. The van der Waals surface area contributed by atoms with Crippen LogP contribution >= 0.6 is 0 Å². The van der Waals surface area contributed by atoms with Crippen LogP contribution in [0.25, 0.3) is 17.2 Å². The Morgan fingerprint density at radius 3 is 2.26 bits per heavy atom. The Bertz CT molecular complexity index is 1210. The van der Waals surface area contributed by atoms with E-state index in [-0.39, 0.29) is 23.6 Å². The zero-order chi connectivity index (χ0) is 23.9. The zero-order valence-electron chi connectivity index (χ0n) is 18.8. The van der Waals surface area contributed by atoms with Gasteiger partial charge in [-0.3, -0.25) is 14.4 Å². The second-order valence-electron chi connectivity index (χ2n) is 8.33. The molecule has 0 atom stereocenters. The highest BCUT2D eigenvalue weighted by Crippen LogP contribution is 2.23. The molecule has 6 heteroatoms. The Labute approximate surface area is 199 Å². The van der Waals surface area contributed by atoms with Crippen LogP contribution in [0.15, 0.2) is 84.9 Å². The number of carbonyl (C=O) groups is 3. The highest BCUT2D eigenvalue weighted by molar-refractivity contribution is 6.07. The maximum absolute atomic E-state index is 13.1. The van der Waals surface area contributed by atoms with E-state index in [9.17, 15) is 14.4 Å². The lowest BCUT2D eigenvalue weighted by molar-refractivity contribution is -0.123. The van der Waals surface area contributed by atoms with Gasteiger partial charge in [-0.1, -0.05) is 60.7 Å². The number of piperidine rings is 1. The van der Waals surface area contributed by atoms with E-state index in [4.69, 9.17) is 5.73 Å². The summed E-state index contributed by atoms with van der Waals surface area (Å²) >= 11 is 0. The van der Waals surface area contributed by atoms with Gasteiger partial charge in [0.2, 0.25) is 11.8 Å². The van der Waals surface area contributed by atoms with Gasteiger partial charge in [-0.15, -0.1) is 0 Å². The van der Waals surface area contributed by atoms with Gasteiger partial charge in [0.15, 0.2) is 0 Å². The number of benzene rings is 3. The summed E-state index contributed by atoms with van der Waals surface area (Å²) < 4.78 is 0. The third-order valence-electron chi connectivity index (χ3n) is 6.02. The standard InChI is InChI=1S/C28H27N3O3/c29-27(33)22-15-17-31(18-16-22)28(34)24-11-4-5-12-25(24)30-26(32)14-13-20-7-6-10-23(19-20)21-8-2-1-3-9-21/h1-14,19,22H,15-18H2,(H2,29,33)(H,30,32)/b14-13+. The molecule has 1 aliphatic rings. The molecule has 0 saturated carbocycles. The van der Waals surface area contributed by atoms with Gasteiger partial charge in [-0.05, 0) is 53.8 Å². The van der Waals surface area contributed by atoms with Crippen molar-refractivity contribution in [2.24, 2.45) is 11.7 Å². The zero-order valence-corrected chi connectivity index (χ0v) is 18.8. The van der Waals surface area contributed by atoms with E-state index in [0.29, 0.717) is 37.2 Å². The van der Waals surface area contributed by atoms with Crippen molar-refractivity contribution >= 4 is 29.5 Å². The fourth-order valence-corrected chi connectivity index (χ4v) is 4.11. The molecule has 1 fully saturated rings. The molecule has 1 saturated heterocycles. The molecule has 6 nitrogen and oxygen atoms in total. The number of nitrogens with zero attached hydrogens (tertiary/aromatic N) is 1. The van der Waals surface area contributed by atoms with Gasteiger partial charge in [0, 0.05) is 25.1 Å². The van der Waals surface area contributed by atoms with Gasteiger partial charge in [-0.2, -0.15) is 0 Å². The van der Waals surface area contributed by atoms with E-state index in [0.717, 1.165) is 16.7 Å². The Balaban J connectivity index is 1.43. The van der Waals surface area contributed by atoms with Crippen molar-refractivity contribution in [3.05, 3.63) is 96.1 Å². The molecule has 0 aliphatic carbocycles. The average Bonchev–Trinajstić information content (AvgIpc) is 2.88. The van der Waals surface area contributed by atoms with Gasteiger partial charge in [0.25, 0.3) is 5.91 Å². The van der Waals surface area contributed by atoms with Gasteiger partial charge >= 0.3 is 0 Å². The van der Waals surface area contributed by atoms with Crippen molar-refractivity contribution in [2.45, 2.75) is 12.8 Å². The van der Waals surface area contributed by atoms with Crippen LogP contribution < -0.4 is 11.1 Å². The van der Waals surface area contributed by atoms with Gasteiger partial charge < -0.3 is 16.0 Å². The first-order valence-electron chi connectivity index (χ1n) is 11.3. The monoisotopic (exact) mass is 453 g/mol. The summed E-state index contributed by atoms with van der Waals surface area (Å²) in [5.74, 6) is -0.999. The molecular formula is C28H27N3O3. The van der Waals surface area contributed by atoms with Crippen LogP contribution in [-0.2, 0) is 9.59 Å². The van der Waals surface area contributed by atoms with Crippen molar-refractivity contribution in [2.75, 3.05) is 18.4 Å². The lowest BCUT2D eigenvalue weighted by Gasteiger charge is -2.31.